The molecule has 30 heavy (non-hydrogen) atoms. The number of benzene rings is 2. The summed E-state index contributed by atoms with van der Waals surface area (Å²) >= 11 is 1.71. The van der Waals surface area contributed by atoms with Crippen LogP contribution in [0.2, 0.25) is 0 Å². The summed E-state index contributed by atoms with van der Waals surface area (Å²) in [6.45, 7) is 3.14. The first-order chi connectivity index (χ1) is 14.6. The number of anilines is 1. The molecule has 1 N–H and O–H groups in total. The summed E-state index contributed by atoms with van der Waals surface area (Å²) in [4.78, 5) is 16.3. The minimum Gasteiger partial charge on any atom is -0.493 e. The van der Waals surface area contributed by atoms with Crippen LogP contribution in [0.3, 0.4) is 0 Å². The van der Waals surface area contributed by atoms with E-state index in [1.807, 2.05) is 31.2 Å². The number of carbonyl (C=O) groups is 1. The summed E-state index contributed by atoms with van der Waals surface area (Å²) in [5.74, 6) is 1.45. The zero-order valence-corrected chi connectivity index (χ0v) is 18.3. The van der Waals surface area contributed by atoms with Gasteiger partial charge in [0.25, 0.3) is 0 Å². The summed E-state index contributed by atoms with van der Waals surface area (Å²) in [6.07, 6.45) is 0.856. The van der Waals surface area contributed by atoms with E-state index in [0.717, 1.165) is 30.0 Å². The molecular weight excluding hydrogens is 396 g/mol. The minimum atomic E-state index is -0.00826. The molecule has 1 unspecified atom stereocenters. The van der Waals surface area contributed by atoms with Gasteiger partial charge in [-0.2, -0.15) is 0 Å². The predicted octanol–water partition coefficient (Wildman–Crippen LogP) is 4.66. The number of fused-ring (bicyclic) bond motifs is 1. The molecule has 0 spiro atoms. The van der Waals surface area contributed by atoms with Crippen molar-refractivity contribution in [1.29, 1.82) is 0 Å². The van der Waals surface area contributed by atoms with Gasteiger partial charge >= 0.3 is 0 Å². The van der Waals surface area contributed by atoms with Crippen molar-refractivity contribution >= 4 is 22.9 Å². The third-order valence-electron chi connectivity index (χ3n) is 5.43. The maximum Gasteiger partial charge on any atom is 0.238 e. The van der Waals surface area contributed by atoms with Crippen molar-refractivity contribution < 1.29 is 14.3 Å². The molecule has 1 amide bonds. The van der Waals surface area contributed by atoms with E-state index in [1.54, 1.807) is 25.6 Å². The molecule has 1 aliphatic rings. The third kappa shape index (κ3) is 4.20. The summed E-state index contributed by atoms with van der Waals surface area (Å²) in [5, 5.41) is 5.12. The summed E-state index contributed by atoms with van der Waals surface area (Å²) in [6, 6.07) is 16.2. The van der Waals surface area contributed by atoms with E-state index in [4.69, 9.17) is 9.47 Å². The van der Waals surface area contributed by atoms with Crippen LogP contribution in [0.4, 0.5) is 5.69 Å². The second-order valence-electron chi connectivity index (χ2n) is 7.46. The van der Waals surface area contributed by atoms with Gasteiger partial charge in [-0.15, -0.1) is 11.3 Å². The molecule has 156 valence electrons. The van der Waals surface area contributed by atoms with Crippen molar-refractivity contribution in [3.8, 4) is 11.5 Å². The fraction of sp³-hybridized carbons (Fsp3) is 0.292. The number of aryl methyl sites for hydroxylation is 1. The van der Waals surface area contributed by atoms with Crippen LogP contribution in [-0.2, 0) is 11.2 Å². The molecule has 5 nitrogen and oxygen atoms in total. The second kappa shape index (κ2) is 8.90. The molecule has 6 heteroatoms. The molecule has 4 rings (SSSR count). The molecule has 0 saturated carbocycles. The number of carbonyl (C=O) groups excluding carboxylic acids is 1. The Kier molecular flexibility index (Phi) is 6.06. The van der Waals surface area contributed by atoms with Gasteiger partial charge in [-0.05, 0) is 65.7 Å². The highest BCUT2D eigenvalue weighted by atomic mass is 32.1. The maximum atomic E-state index is 12.8. The van der Waals surface area contributed by atoms with E-state index >= 15 is 0 Å². The van der Waals surface area contributed by atoms with Gasteiger partial charge in [0, 0.05) is 17.1 Å². The Labute approximate surface area is 181 Å². The smallest absolute Gasteiger partial charge is 0.238 e. The lowest BCUT2D eigenvalue weighted by atomic mass is 9.91. The molecule has 2 aromatic carbocycles. The number of thiophene rings is 1. The summed E-state index contributed by atoms with van der Waals surface area (Å²) < 4.78 is 11.1. The van der Waals surface area contributed by atoms with Crippen molar-refractivity contribution in [2.45, 2.75) is 19.4 Å². The van der Waals surface area contributed by atoms with Crippen molar-refractivity contribution in [2.24, 2.45) is 0 Å². The van der Waals surface area contributed by atoms with Crippen molar-refractivity contribution in [1.82, 2.24) is 4.90 Å². The molecule has 3 aromatic rings. The lowest BCUT2D eigenvalue weighted by Crippen LogP contribution is -2.40. The first-order valence-corrected chi connectivity index (χ1v) is 10.9. The number of rotatable bonds is 6. The van der Waals surface area contributed by atoms with E-state index in [0.29, 0.717) is 12.3 Å². The van der Waals surface area contributed by atoms with Crippen LogP contribution in [0, 0.1) is 6.92 Å². The van der Waals surface area contributed by atoms with Crippen LogP contribution in [0.1, 0.15) is 27.6 Å². The van der Waals surface area contributed by atoms with Crippen LogP contribution < -0.4 is 14.8 Å². The van der Waals surface area contributed by atoms with E-state index in [9.17, 15) is 4.79 Å². The number of nitrogens with zero attached hydrogens (tertiary/aromatic N) is 1. The first-order valence-electron chi connectivity index (χ1n) is 9.98. The molecule has 2 heterocycles. The zero-order chi connectivity index (χ0) is 21.1. The van der Waals surface area contributed by atoms with Gasteiger partial charge in [0.05, 0.1) is 26.8 Å². The molecule has 1 atom stereocenters. The predicted molar refractivity (Wildman–Crippen MR) is 121 cm³/mol. The number of hydrogen-bond acceptors (Lipinski definition) is 5. The second-order valence-corrected chi connectivity index (χ2v) is 8.44. The van der Waals surface area contributed by atoms with Crippen LogP contribution in [0.15, 0.2) is 53.9 Å². The average Bonchev–Trinajstić information content (AvgIpc) is 3.26. The zero-order valence-electron chi connectivity index (χ0n) is 17.5. The highest BCUT2D eigenvalue weighted by Crippen LogP contribution is 2.42. The fourth-order valence-electron chi connectivity index (χ4n) is 4.06. The SMILES string of the molecule is COc1cc2c(cc1OC)C(c1cccs1)N(CC(=O)Nc1cccc(C)c1)CC2. The van der Waals surface area contributed by atoms with Gasteiger partial charge in [-0.25, -0.2) is 0 Å². The summed E-state index contributed by atoms with van der Waals surface area (Å²) in [7, 11) is 3.31. The highest BCUT2D eigenvalue weighted by molar-refractivity contribution is 7.10. The van der Waals surface area contributed by atoms with Crippen LogP contribution >= 0.6 is 11.3 Å². The first kappa shape index (κ1) is 20.4. The van der Waals surface area contributed by atoms with Gasteiger partial charge in [-0.3, -0.25) is 9.69 Å². The minimum absolute atomic E-state index is 0.00826. The Bertz CT molecular complexity index is 1030. The van der Waals surface area contributed by atoms with E-state index < -0.39 is 0 Å². The van der Waals surface area contributed by atoms with Crippen molar-refractivity contribution in [3.63, 3.8) is 0 Å². The number of nitrogens with one attached hydrogen (secondary N) is 1. The molecule has 1 aliphatic heterocycles. The monoisotopic (exact) mass is 422 g/mol. The number of hydrogen-bond donors (Lipinski definition) is 1. The van der Waals surface area contributed by atoms with E-state index in [2.05, 4.69) is 39.9 Å². The van der Waals surface area contributed by atoms with Gasteiger partial charge in [0.15, 0.2) is 11.5 Å². The lowest BCUT2D eigenvalue weighted by Gasteiger charge is -2.37. The van der Waals surface area contributed by atoms with E-state index in [-0.39, 0.29) is 11.9 Å². The number of ether oxygens (including phenoxy) is 2. The fourth-order valence-corrected chi connectivity index (χ4v) is 4.93. The molecular formula is C24H26N2O3S. The lowest BCUT2D eigenvalue weighted by molar-refractivity contribution is -0.117. The maximum absolute atomic E-state index is 12.8. The summed E-state index contributed by atoms with van der Waals surface area (Å²) in [5.41, 5.74) is 4.36. The third-order valence-corrected chi connectivity index (χ3v) is 6.36. The standard InChI is InChI=1S/C24H26N2O3S/c1-16-6-4-7-18(12-16)25-23(27)15-26-10-9-17-13-20(28-2)21(29-3)14-19(17)24(26)22-8-5-11-30-22/h4-8,11-14,24H,9-10,15H2,1-3H3,(H,25,27). The van der Waals surface area contributed by atoms with Crippen molar-refractivity contribution in [3.05, 3.63) is 75.5 Å². The Hall–Kier alpha value is -2.83. The van der Waals surface area contributed by atoms with Crippen LogP contribution in [-0.4, -0.2) is 38.1 Å². The molecule has 0 bridgehead atoms. The Morgan fingerprint density at radius 2 is 1.93 bits per heavy atom. The van der Waals surface area contributed by atoms with Crippen molar-refractivity contribution in [2.75, 3.05) is 32.6 Å². The normalized spacial score (nSPS) is 16.0. The molecule has 0 fully saturated rings. The van der Waals surface area contributed by atoms with E-state index in [1.165, 1.54) is 16.0 Å². The van der Waals surface area contributed by atoms with Crippen LogP contribution in [0.25, 0.3) is 0 Å². The number of amides is 1. The quantitative estimate of drug-likeness (QED) is 0.628. The molecule has 0 saturated heterocycles. The number of methoxy groups -OCH3 is 2. The molecule has 1 aromatic heterocycles. The topological polar surface area (TPSA) is 50.8 Å². The largest absolute Gasteiger partial charge is 0.493 e. The Balaban J connectivity index is 1.63. The average molecular weight is 423 g/mol. The van der Waals surface area contributed by atoms with Gasteiger partial charge in [0.2, 0.25) is 5.91 Å². The molecule has 0 radical (unpaired) electrons. The Morgan fingerprint density at radius 3 is 2.63 bits per heavy atom. The van der Waals surface area contributed by atoms with Gasteiger partial charge < -0.3 is 14.8 Å². The highest BCUT2D eigenvalue weighted by Gasteiger charge is 2.32. The molecule has 0 aliphatic carbocycles. The Morgan fingerprint density at radius 1 is 1.13 bits per heavy atom. The van der Waals surface area contributed by atoms with Gasteiger partial charge in [0.1, 0.15) is 0 Å². The van der Waals surface area contributed by atoms with Gasteiger partial charge in [-0.1, -0.05) is 18.2 Å². The van der Waals surface area contributed by atoms with Crippen LogP contribution in [0.5, 0.6) is 11.5 Å².